The molecule has 0 amide bonds. The lowest BCUT2D eigenvalue weighted by Gasteiger charge is -2.42. The van der Waals surface area contributed by atoms with Crippen LogP contribution in [0.2, 0.25) is 0 Å². The van der Waals surface area contributed by atoms with E-state index >= 15 is 0 Å². The number of anilines is 2. The van der Waals surface area contributed by atoms with Gasteiger partial charge in [-0.25, -0.2) is 0 Å². The molecule has 5 aromatic rings. The molecule has 0 spiro atoms. The van der Waals surface area contributed by atoms with Gasteiger partial charge in [0.25, 0.3) is 0 Å². The summed E-state index contributed by atoms with van der Waals surface area (Å²) in [5, 5.41) is 2.28. The van der Waals surface area contributed by atoms with Crippen molar-refractivity contribution >= 4 is 54.8 Å². The lowest BCUT2D eigenvalue weighted by molar-refractivity contribution is 0.629. The van der Waals surface area contributed by atoms with Crippen LogP contribution in [0.15, 0.2) is 155 Å². The lowest BCUT2D eigenvalue weighted by atomic mass is 9.72. The number of hydrogen-bond acceptors (Lipinski definition) is 2. The molecule has 2 heterocycles. The first-order chi connectivity index (χ1) is 21.4. The summed E-state index contributed by atoms with van der Waals surface area (Å²) in [5.41, 5.74) is 11.1. The minimum atomic E-state index is -0.180. The van der Waals surface area contributed by atoms with Gasteiger partial charge in [0.1, 0.15) is 11.2 Å². The zero-order valence-electron chi connectivity index (χ0n) is 25.2. The molecule has 44 heavy (non-hydrogen) atoms. The summed E-state index contributed by atoms with van der Waals surface area (Å²) in [4.78, 5) is 2.34. The topological polar surface area (TPSA) is 16.4 Å². The summed E-state index contributed by atoms with van der Waals surface area (Å²) in [5.74, 6) is 0.0946. The maximum Gasteiger partial charge on any atom is 0.143 e. The highest BCUT2D eigenvalue weighted by molar-refractivity contribution is 9.11. The Labute approximate surface area is 267 Å². The van der Waals surface area contributed by atoms with Crippen LogP contribution in [0.1, 0.15) is 48.9 Å². The van der Waals surface area contributed by atoms with E-state index in [4.69, 9.17) is 4.42 Å². The van der Waals surface area contributed by atoms with Crippen molar-refractivity contribution in [3.05, 3.63) is 173 Å². The van der Waals surface area contributed by atoms with Gasteiger partial charge in [-0.3, -0.25) is 0 Å². The fraction of sp³-hybridized carbons (Fsp3) is 0.122. The van der Waals surface area contributed by atoms with Crippen molar-refractivity contribution in [3.8, 4) is 0 Å². The van der Waals surface area contributed by atoms with Crippen molar-refractivity contribution in [2.24, 2.45) is 0 Å². The average molecular weight is 637 g/mol. The Morgan fingerprint density at radius 3 is 2.52 bits per heavy atom. The van der Waals surface area contributed by atoms with E-state index in [2.05, 4.69) is 151 Å². The summed E-state index contributed by atoms with van der Waals surface area (Å²) in [6.07, 6.45) is 17.2. The van der Waals surface area contributed by atoms with E-state index in [1.165, 1.54) is 28.1 Å². The highest BCUT2D eigenvalue weighted by Gasteiger charge is 2.37. The lowest BCUT2D eigenvalue weighted by Crippen LogP contribution is -2.32. The van der Waals surface area contributed by atoms with Crippen LogP contribution in [0.4, 0.5) is 11.4 Å². The Balaban J connectivity index is 1.31. The second-order valence-corrected chi connectivity index (χ2v) is 12.8. The van der Waals surface area contributed by atoms with Gasteiger partial charge in [0.2, 0.25) is 0 Å². The molecular formula is C41H34BrNO. The minimum absolute atomic E-state index is 0.0946. The zero-order chi connectivity index (χ0) is 30.4. The number of allylic oxidation sites excluding steroid dienone is 10. The highest BCUT2D eigenvalue weighted by atomic mass is 79.9. The molecule has 3 heteroatoms. The number of halogens is 1. The Kier molecular flexibility index (Phi) is 7.14. The van der Waals surface area contributed by atoms with E-state index in [9.17, 15) is 0 Å². The molecule has 0 radical (unpaired) electrons. The van der Waals surface area contributed by atoms with Gasteiger partial charge in [0.05, 0.1) is 11.4 Å². The smallest absolute Gasteiger partial charge is 0.143 e. The Hall–Kier alpha value is -4.60. The maximum absolute atomic E-state index is 6.37. The first-order valence-corrected chi connectivity index (χ1v) is 15.9. The Bertz CT molecular complexity index is 2100. The van der Waals surface area contributed by atoms with Crippen molar-refractivity contribution in [2.75, 3.05) is 4.90 Å². The number of furan rings is 1. The molecule has 0 saturated carbocycles. The van der Waals surface area contributed by atoms with Gasteiger partial charge in [0.15, 0.2) is 0 Å². The van der Waals surface area contributed by atoms with Crippen molar-refractivity contribution in [2.45, 2.75) is 32.1 Å². The number of hydrogen-bond donors (Lipinski definition) is 0. The highest BCUT2D eigenvalue weighted by Crippen LogP contribution is 2.51. The van der Waals surface area contributed by atoms with Crippen LogP contribution in [0.5, 0.6) is 0 Å². The van der Waals surface area contributed by atoms with Gasteiger partial charge >= 0.3 is 0 Å². The van der Waals surface area contributed by atoms with E-state index in [0.29, 0.717) is 0 Å². The summed E-state index contributed by atoms with van der Waals surface area (Å²) in [6.45, 7) is 10.9. The second kappa shape index (κ2) is 11.2. The molecule has 1 aromatic heterocycles. The second-order valence-electron chi connectivity index (χ2n) is 11.9. The van der Waals surface area contributed by atoms with Crippen LogP contribution < -0.4 is 4.90 Å². The van der Waals surface area contributed by atoms with Gasteiger partial charge in [-0.1, -0.05) is 133 Å². The predicted octanol–water partition coefficient (Wildman–Crippen LogP) is 12.0. The molecule has 1 aliphatic heterocycles. The number of nitrogens with zero attached hydrogens (tertiary/aromatic N) is 1. The first-order valence-electron chi connectivity index (χ1n) is 15.1. The predicted molar refractivity (Wildman–Crippen MR) is 191 cm³/mol. The fourth-order valence-corrected chi connectivity index (χ4v) is 7.20. The first kappa shape index (κ1) is 28.2. The molecule has 0 bridgehead atoms. The molecule has 1 aliphatic carbocycles. The summed E-state index contributed by atoms with van der Waals surface area (Å²) >= 11 is 3.87. The minimum Gasteiger partial charge on any atom is -0.455 e. The van der Waals surface area contributed by atoms with Crippen LogP contribution >= 0.6 is 15.9 Å². The number of para-hydroxylation sites is 3. The molecule has 2 aliphatic rings. The van der Waals surface area contributed by atoms with Crippen LogP contribution in [-0.4, -0.2) is 0 Å². The van der Waals surface area contributed by atoms with E-state index in [1.54, 1.807) is 0 Å². The summed E-state index contributed by atoms with van der Waals surface area (Å²) in [6, 6.07) is 30.3. The third kappa shape index (κ3) is 4.63. The Morgan fingerprint density at radius 2 is 1.68 bits per heavy atom. The normalized spacial score (nSPS) is 17.8. The fourth-order valence-electron chi connectivity index (χ4n) is 6.66. The standard InChI is InChI=1S/C41H34BrNO/c1-5-7-13-31(6-2)43-37-18-10-9-17-35(37)41(3,4)36-26-28(22-23-38(36)43)27-20-21-29(25-30(42)24-27)32-15-12-16-34-33-14-8-11-19-39(33)44-40(32)34/h5-27H,2H2,1,3-4H3/b7-5-,31-13+. The molecule has 216 valence electrons. The third-order valence-electron chi connectivity index (χ3n) is 8.90. The van der Waals surface area contributed by atoms with Crippen molar-refractivity contribution in [3.63, 3.8) is 0 Å². The summed E-state index contributed by atoms with van der Waals surface area (Å²) < 4.78 is 7.42. The van der Waals surface area contributed by atoms with Crippen LogP contribution in [0.3, 0.4) is 0 Å². The van der Waals surface area contributed by atoms with Gasteiger partial charge in [0, 0.05) is 37.8 Å². The van der Waals surface area contributed by atoms with Crippen LogP contribution in [-0.2, 0) is 5.41 Å². The third-order valence-corrected chi connectivity index (χ3v) is 9.39. The molecule has 2 nitrogen and oxygen atoms in total. The number of rotatable bonds is 5. The van der Waals surface area contributed by atoms with E-state index < -0.39 is 0 Å². The molecule has 1 unspecified atom stereocenters. The maximum atomic E-state index is 6.37. The molecular weight excluding hydrogens is 602 g/mol. The Morgan fingerprint density at radius 1 is 0.909 bits per heavy atom. The number of fused-ring (bicyclic) bond motifs is 5. The van der Waals surface area contributed by atoms with Gasteiger partial charge < -0.3 is 9.32 Å². The van der Waals surface area contributed by atoms with Crippen LogP contribution in [0.25, 0.3) is 27.5 Å². The molecule has 0 saturated heterocycles. The molecule has 0 fully saturated rings. The van der Waals surface area contributed by atoms with E-state index in [0.717, 1.165) is 43.3 Å². The quantitative estimate of drug-likeness (QED) is 0.179. The molecule has 4 aromatic carbocycles. The monoisotopic (exact) mass is 635 g/mol. The molecule has 1 atom stereocenters. The number of benzene rings is 4. The van der Waals surface area contributed by atoms with E-state index in [1.807, 2.05) is 31.2 Å². The average Bonchev–Trinajstić information content (AvgIpc) is 3.31. The van der Waals surface area contributed by atoms with Gasteiger partial charge in [-0.05, 0) is 65.6 Å². The van der Waals surface area contributed by atoms with Crippen LogP contribution in [0, 0.1) is 0 Å². The van der Waals surface area contributed by atoms with E-state index in [-0.39, 0.29) is 11.3 Å². The summed E-state index contributed by atoms with van der Waals surface area (Å²) in [7, 11) is 0. The van der Waals surface area contributed by atoms with Gasteiger partial charge in [-0.15, -0.1) is 0 Å². The SMILES string of the molecule is C=C/C(=C\C=C/C)N1c2ccccc2C(C)(C)c2cc(C3C=CC(c4cccc5c4oc4ccccc45)=CC(Br)=C3)ccc21. The molecule has 7 rings (SSSR count). The van der Waals surface area contributed by atoms with Gasteiger partial charge in [-0.2, -0.15) is 0 Å². The van der Waals surface area contributed by atoms with Crippen molar-refractivity contribution in [1.82, 2.24) is 0 Å². The van der Waals surface area contributed by atoms with Crippen molar-refractivity contribution < 1.29 is 4.42 Å². The largest absolute Gasteiger partial charge is 0.455 e. The zero-order valence-corrected chi connectivity index (χ0v) is 26.8. The van der Waals surface area contributed by atoms with Crippen molar-refractivity contribution in [1.29, 1.82) is 0 Å². The molecule has 0 N–H and O–H groups in total.